The van der Waals surface area contributed by atoms with Crippen molar-refractivity contribution in [2.24, 2.45) is 0 Å². The van der Waals surface area contributed by atoms with Crippen LogP contribution in [0.3, 0.4) is 0 Å². The second kappa shape index (κ2) is 6.41. The highest BCUT2D eigenvalue weighted by molar-refractivity contribution is 7.15. The van der Waals surface area contributed by atoms with Gasteiger partial charge in [0, 0.05) is 37.2 Å². The van der Waals surface area contributed by atoms with Gasteiger partial charge in [0.05, 0.1) is 12.3 Å². The third kappa shape index (κ3) is 3.51. The van der Waals surface area contributed by atoms with Crippen LogP contribution in [0.15, 0.2) is 0 Å². The molecule has 3 rings (SSSR count). The number of hydrogen-bond donors (Lipinski definition) is 1. The fourth-order valence-electron chi connectivity index (χ4n) is 2.47. The maximum absolute atomic E-state index is 5.32. The summed E-state index contributed by atoms with van der Waals surface area (Å²) in [5.41, 5.74) is 1.13. The molecule has 4 nitrogen and oxygen atoms in total. The third-order valence-electron chi connectivity index (χ3n) is 3.87. The maximum atomic E-state index is 5.32. The van der Waals surface area contributed by atoms with Crippen LogP contribution in [0.25, 0.3) is 0 Å². The highest BCUT2D eigenvalue weighted by Gasteiger charge is 2.31. The van der Waals surface area contributed by atoms with Crippen molar-refractivity contribution in [1.29, 1.82) is 0 Å². The van der Waals surface area contributed by atoms with Gasteiger partial charge in [0.15, 0.2) is 5.13 Å². The molecule has 0 unspecified atom stereocenters. The minimum atomic E-state index is 0.628. The predicted molar refractivity (Wildman–Crippen MR) is 83.3 cm³/mol. The van der Waals surface area contributed by atoms with Crippen molar-refractivity contribution in [3.63, 3.8) is 0 Å². The summed E-state index contributed by atoms with van der Waals surface area (Å²) >= 11 is 1.86. The number of thiazole rings is 1. The first-order chi connectivity index (χ1) is 9.81. The maximum Gasteiger partial charge on any atom is 0.186 e. The van der Waals surface area contributed by atoms with Gasteiger partial charge in [-0.05, 0) is 32.1 Å². The van der Waals surface area contributed by atoms with E-state index in [2.05, 4.69) is 17.1 Å². The smallest absolute Gasteiger partial charge is 0.186 e. The fourth-order valence-corrected chi connectivity index (χ4v) is 3.58. The van der Waals surface area contributed by atoms with Crippen LogP contribution in [0.1, 0.15) is 49.6 Å². The molecule has 0 radical (unpaired) electrons. The SMILES string of the molecule is CCCN(c1nc(COC)c(CNC2CC2)s1)C1CC1. The molecule has 2 aliphatic rings. The molecule has 112 valence electrons. The minimum Gasteiger partial charge on any atom is -0.378 e. The van der Waals surface area contributed by atoms with Crippen LogP contribution in [-0.2, 0) is 17.9 Å². The van der Waals surface area contributed by atoms with Crippen LogP contribution < -0.4 is 10.2 Å². The molecule has 2 saturated carbocycles. The minimum absolute atomic E-state index is 0.628. The first kappa shape index (κ1) is 14.3. The van der Waals surface area contributed by atoms with E-state index in [1.54, 1.807) is 7.11 Å². The standard InChI is InChI=1S/C15H25N3OS/c1-3-8-18(12-6-7-12)15-17-13(10-19-2)14(20-15)9-16-11-4-5-11/h11-12,16H,3-10H2,1-2H3. The van der Waals surface area contributed by atoms with Gasteiger partial charge < -0.3 is 15.0 Å². The Morgan fingerprint density at radius 3 is 2.75 bits per heavy atom. The Hall–Kier alpha value is -0.650. The first-order valence-electron chi connectivity index (χ1n) is 7.79. The van der Waals surface area contributed by atoms with Gasteiger partial charge in [0.1, 0.15) is 0 Å². The van der Waals surface area contributed by atoms with E-state index in [0.29, 0.717) is 6.61 Å². The summed E-state index contributed by atoms with van der Waals surface area (Å²) in [6.07, 6.45) is 6.50. The molecule has 2 aliphatic carbocycles. The molecule has 0 aromatic carbocycles. The Morgan fingerprint density at radius 1 is 1.35 bits per heavy atom. The molecule has 0 spiro atoms. The monoisotopic (exact) mass is 295 g/mol. The second-order valence-electron chi connectivity index (χ2n) is 5.88. The highest BCUT2D eigenvalue weighted by Crippen LogP contribution is 2.36. The zero-order valence-electron chi connectivity index (χ0n) is 12.5. The van der Waals surface area contributed by atoms with Crippen LogP contribution in [0.5, 0.6) is 0 Å². The summed E-state index contributed by atoms with van der Waals surface area (Å²) in [6.45, 7) is 4.95. The van der Waals surface area contributed by atoms with Gasteiger partial charge in [-0.25, -0.2) is 4.98 Å². The van der Waals surface area contributed by atoms with Gasteiger partial charge in [-0.15, -0.1) is 11.3 Å². The molecule has 2 fully saturated rings. The van der Waals surface area contributed by atoms with Crippen molar-refractivity contribution in [2.45, 2.75) is 64.3 Å². The molecule has 0 saturated heterocycles. The predicted octanol–water partition coefficient (Wildman–Crippen LogP) is 2.92. The van der Waals surface area contributed by atoms with Gasteiger partial charge in [-0.2, -0.15) is 0 Å². The number of methoxy groups -OCH3 is 1. The van der Waals surface area contributed by atoms with E-state index in [-0.39, 0.29) is 0 Å². The molecule has 1 aromatic heterocycles. The number of ether oxygens (including phenoxy) is 1. The zero-order valence-corrected chi connectivity index (χ0v) is 13.3. The number of nitrogens with zero attached hydrogens (tertiary/aromatic N) is 2. The lowest BCUT2D eigenvalue weighted by molar-refractivity contribution is 0.181. The largest absolute Gasteiger partial charge is 0.378 e. The van der Waals surface area contributed by atoms with Gasteiger partial charge in [0.2, 0.25) is 0 Å². The average Bonchev–Trinajstić information content (AvgIpc) is 3.33. The average molecular weight is 295 g/mol. The van der Waals surface area contributed by atoms with E-state index in [9.17, 15) is 0 Å². The van der Waals surface area contributed by atoms with Crippen molar-refractivity contribution in [1.82, 2.24) is 10.3 Å². The highest BCUT2D eigenvalue weighted by atomic mass is 32.1. The third-order valence-corrected chi connectivity index (χ3v) is 5.01. The Labute approximate surface area is 125 Å². The van der Waals surface area contributed by atoms with E-state index in [0.717, 1.165) is 30.9 Å². The van der Waals surface area contributed by atoms with Crippen molar-refractivity contribution >= 4 is 16.5 Å². The Kier molecular flexibility index (Phi) is 4.58. The Morgan fingerprint density at radius 2 is 2.15 bits per heavy atom. The molecule has 20 heavy (non-hydrogen) atoms. The zero-order chi connectivity index (χ0) is 13.9. The van der Waals surface area contributed by atoms with E-state index in [1.165, 1.54) is 42.1 Å². The molecule has 0 aliphatic heterocycles. The number of hydrogen-bond acceptors (Lipinski definition) is 5. The molecular formula is C15H25N3OS. The van der Waals surface area contributed by atoms with E-state index < -0.39 is 0 Å². The van der Waals surface area contributed by atoms with Crippen molar-refractivity contribution in [2.75, 3.05) is 18.6 Å². The summed E-state index contributed by atoms with van der Waals surface area (Å²) in [6, 6.07) is 1.48. The molecule has 1 heterocycles. The molecule has 0 amide bonds. The number of aromatic nitrogens is 1. The van der Waals surface area contributed by atoms with Crippen LogP contribution >= 0.6 is 11.3 Å². The topological polar surface area (TPSA) is 37.4 Å². The lowest BCUT2D eigenvalue weighted by atomic mass is 10.3. The molecule has 1 aromatic rings. The molecule has 0 atom stereocenters. The number of rotatable bonds is 9. The molecular weight excluding hydrogens is 270 g/mol. The van der Waals surface area contributed by atoms with Crippen LogP contribution in [0.4, 0.5) is 5.13 Å². The van der Waals surface area contributed by atoms with E-state index in [1.807, 2.05) is 11.3 Å². The van der Waals surface area contributed by atoms with Crippen LogP contribution in [-0.4, -0.2) is 30.7 Å². The summed E-state index contributed by atoms with van der Waals surface area (Å²) < 4.78 is 5.32. The molecule has 1 N–H and O–H groups in total. The summed E-state index contributed by atoms with van der Waals surface area (Å²) in [5, 5.41) is 4.80. The lowest BCUT2D eigenvalue weighted by Gasteiger charge is -2.20. The van der Waals surface area contributed by atoms with Crippen molar-refractivity contribution in [3.8, 4) is 0 Å². The second-order valence-corrected chi connectivity index (χ2v) is 6.94. The lowest BCUT2D eigenvalue weighted by Crippen LogP contribution is -2.26. The fraction of sp³-hybridized carbons (Fsp3) is 0.800. The van der Waals surface area contributed by atoms with Gasteiger partial charge in [0.25, 0.3) is 0 Å². The van der Waals surface area contributed by atoms with Gasteiger partial charge in [-0.3, -0.25) is 0 Å². The molecule has 5 heteroatoms. The molecule has 0 bridgehead atoms. The van der Waals surface area contributed by atoms with Gasteiger partial charge >= 0.3 is 0 Å². The van der Waals surface area contributed by atoms with E-state index in [4.69, 9.17) is 9.72 Å². The Bertz CT molecular complexity index is 440. The first-order valence-corrected chi connectivity index (χ1v) is 8.61. The Balaban J connectivity index is 1.73. The van der Waals surface area contributed by atoms with E-state index >= 15 is 0 Å². The quantitative estimate of drug-likeness (QED) is 0.760. The van der Waals surface area contributed by atoms with Crippen molar-refractivity contribution in [3.05, 3.63) is 10.6 Å². The summed E-state index contributed by atoms with van der Waals surface area (Å²) in [5.74, 6) is 0. The van der Waals surface area contributed by atoms with Crippen LogP contribution in [0, 0.1) is 0 Å². The number of nitrogens with one attached hydrogen (secondary N) is 1. The normalized spacial score (nSPS) is 18.5. The van der Waals surface area contributed by atoms with Crippen molar-refractivity contribution < 1.29 is 4.74 Å². The number of anilines is 1. The summed E-state index contributed by atoms with van der Waals surface area (Å²) in [7, 11) is 1.75. The van der Waals surface area contributed by atoms with Gasteiger partial charge in [-0.1, -0.05) is 6.92 Å². The van der Waals surface area contributed by atoms with Crippen LogP contribution in [0.2, 0.25) is 0 Å². The summed E-state index contributed by atoms with van der Waals surface area (Å²) in [4.78, 5) is 8.72.